The molecule has 0 aliphatic carbocycles. The minimum atomic E-state index is -0.833. The normalized spacial score (nSPS) is 7.57. The van der Waals surface area contributed by atoms with E-state index >= 15 is 0 Å². The number of carboxylic acid groups (broad SMARTS) is 1. The van der Waals surface area contributed by atoms with Gasteiger partial charge < -0.3 is 14.9 Å². The van der Waals surface area contributed by atoms with Gasteiger partial charge in [0.2, 0.25) is 0 Å². The zero-order valence-electron chi connectivity index (χ0n) is 8.48. The van der Waals surface area contributed by atoms with E-state index in [4.69, 9.17) is 14.6 Å². The summed E-state index contributed by atoms with van der Waals surface area (Å²) in [4.78, 5) is 9.00. The molecular formula is C9H11NaO4. The first-order valence-electron chi connectivity index (χ1n) is 3.57. The minimum Gasteiger partial charge on any atom is -0.872 e. The van der Waals surface area contributed by atoms with Gasteiger partial charge in [0.05, 0.1) is 7.11 Å². The van der Waals surface area contributed by atoms with Crippen LogP contribution in [0.1, 0.15) is 6.92 Å². The van der Waals surface area contributed by atoms with Gasteiger partial charge in [-0.1, -0.05) is 12.1 Å². The van der Waals surface area contributed by atoms with Crippen molar-refractivity contribution in [2.75, 3.05) is 7.11 Å². The maximum Gasteiger partial charge on any atom is 1.00 e. The molecule has 0 radical (unpaired) electrons. The Bertz CT molecular complexity index is 254. The van der Waals surface area contributed by atoms with E-state index in [1.807, 2.05) is 0 Å². The van der Waals surface area contributed by atoms with Gasteiger partial charge in [0.25, 0.3) is 5.97 Å². The molecule has 1 rings (SSSR count). The second kappa shape index (κ2) is 8.87. The van der Waals surface area contributed by atoms with Crippen LogP contribution in [0, 0.1) is 0 Å². The number of hydrogen-bond acceptors (Lipinski definition) is 3. The molecule has 1 aromatic carbocycles. The Morgan fingerprint density at radius 1 is 1.36 bits per heavy atom. The first kappa shape index (κ1) is 15.7. The van der Waals surface area contributed by atoms with Crippen LogP contribution in [-0.4, -0.2) is 18.2 Å². The summed E-state index contributed by atoms with van der Waals surface area (Å²) in [5.41, 5.74) is 0. The Labute approximate surface area is 105 Å². The van der Waals surface area contributed by atoms with Crippen molar-refractivity contribution in [2.45, 2.75) is 6.92 Å². The second-order valence-corrected chi connectivity index (χ2v) is 2.19. The van der Waals surface area contributed by atoms with E-state index in [1.54, 1.807) is 19.2 Å². The third-order valence-corrected chi connectivity index (χ3v) is 1.06. The van der Waals surface area contributed by atoms with Gasteiger partial charge in [0, 0.05) is 6.92 Å². The average Bonchev–Trinajstić information content (AvgIpc) is 2.05. The molecule has 72 valence electrons. The van der Waals surface area contributed by atoms with Gasteiger partial charge in [0.1, 0.15) is 5.75 Å². The molecule has 14 heavy (non-hydrogen) atoms. The van der Waals surface area contributed by atoms with E-state index in [0.29, 0.717) is 0 Å². The Morgan fingerprint density at radius 3 is 2.00 bits per heavy atom. The van der Waals surface area contributed by atoms with Gasteiger partial charge in [-0.25, -0.2) is 0 Å². The summed E-state index contributed by atoms with van der Waals surface area (Å²) < 4.78 is 4.83. The van der Waals surface area contributed by atoms with E-state index in [-0.39, 0.29) is 35.3 Å². The maximum atomic E-state index is 10.5. The van der Waals surface area contributed by atoms with E-state index < -0.39 is 5.97 Å². The van der Waals surface area contributed by atoms with Gasteiger partial charge in [-0.2, -0.15) is 0 Å². The number of ether oxygens (including phenoxy) is 1. The van der Waals surface area contributed by atoms with Crippen LogP contribution in [0.4, 0.5) is 0 Å². The summed E-state index contributed by atoms with van der Waals surface area (Å²) in [6, 6.07) is 6.22. The van der Waals surface area contributed by atoms with Crippen LogP contribution in [0.15, 0.2) is 24.3 Å². The molecule has 0 heterocycles. The number of methoxy groups -OCH3 is 1. The van der Waals surface area contributed by atoms with E-state index in [9.17, 15) is 5.11 Å². The van der Waals surface area contributed by atoms with Crippen LogP contribution >= 0.6 is 0 Å². The zero-order valence-corrected chi connectivity index (χ0v) is 10.5. The molecule has 0 aliphatic rings. The van der Waals surface area contributed by atoms with Crippen molar-refractivity contribution in [3.8, 4) is 11.5 Å². The first-order valence-corrected chi connectivity index (χ1v) is 3.57. The molecule has 0 atom stereocenters. The molecule has 0 spiro atoms. The van der Waals surface area contributed by atoms with Crippen molar-refractivity contribution in [1.29, 1.82) is 0 Å². The summed E-state index contributed by atoms with van der Waals surface area (Å²) in [5, 5.41) is 17.9. The molecule has 0 fully saturated rings. The summed E-state index contributed by atoms with van der Waals surface area (Å²) >= 11 is 0. The average molecular weight is 206 g/mol. The monoisotopic (exact) mass is 206 g/mol. The fourth-order valence-electron chi connectivity index (χ4n) is 0.576. The number of rotatable bonds is 1. The number of carboxylic acids is 1. The molecule has 1 aromatic rings. The quantitative estimate of drug-likeness (QED) is 0.532. The molecular weight excluding hydrogens is 195 g/mol. The molecule has 1 N–H and O–H groups in total. The number of carbonyl (C=O) groups is 1. The molecule has 0 aromatic heterocycles. The maximum absolute atomic E-state index is 10.5. The van der Waals surface area contributed by atoms with Crippen molar-refractivity contribution < 1.29 is 49.3 Å². The topological polar surface area (TPSA) is 69.6 Å². The van der Waals surface area contributed by atoms with E-state index in [1.165, 1.54) is 12.1 Å². The SMILES string of the molecule is CC(=O)O.COc1ccc([O-])cc1.[Na+]. The number of aliphatic carboxylic acids is 1. The van der Waals surface area contributed by atoms with Crippen LogP contribution in [0.3, 0.4) is 0 Å². The summed E-state index contributed by atoms with van der Waals surface area (Å²) in [7, 11) is 1.57. The van der Waals surface area contributed by atoms with Crippen LogP contribution < -0.4 is 39.4 Å². The van der Waals surface area contributed by atoms with E-state index in [0.717, 1.165) is 12.7 Å². The van der Waals surface area contributed by atoms with Crippen LogP contribution in [0.5, 0.6) is 11.5 Å². The van der Waals surface area contributed by atoms with Crippen LogP contribution in [-0.2, 0) is 4.79 Å². The van der Waals surface area contributed by atoms with E-state index in [2.05, 4.69) is 0 Å². The Morgan fingerprint density at radius 2 is 1.71 bits per heavy atom. The zero-order chi connectivity index (χ0) is 10.3. The molecule has 0 saturated carbocycles. The summed E-state index contributed by atoms with van der Waals surface area (Å²) in [6.45, 7) is 1.08. The fraction of sp³-hybridized carbons (Fsp3) is 0.222. The van der Waals surface area contributed by atoms with Crippen molar-refractivity contribution in [1.82, 2.24) is 0 Å². The minimum absolute atomic E-state index is 0. The molecule has 4 nitrogen and oxygen atoms in total. The number of hydrogen-bond donors (Lipinski definition) is 1. The number of benzene rings is 1. The third-order valence-electron chi connectivity index (χ3n) is 1.06. The van der Waals surface area contributed by atoms with Crippen molar-refractivity contribution in [3.63, 3.8) is 0 Å². The van der Waals surface area contributed by atoms with Gasteiger partial charge in [-0.05, 0) is 12.1 Å². The first-order chi connectivity index (χ1) is 6.06. The predicted molar refractivity (Wildman–Crippen MR) is 45.7 cm³/mol. The standard InChI is InChI=1S/C7H8O2.C2H4O2.Na/c1-9-7-4-2-6(8)3-5-7;1-2(3)4;/h2-5,8H,1H3;1H3,(H,3,4);/q;;+1/p-1. The van der Waals surface area contributed by atoms with Crippen LogP contribution in [0.25, 0.3) is 0 Å². The van der Waals surface area contributed by atoms with Crippen molar-refractivity contribution >= 4 is 5.97 Å². The largest absolute Gasteiger partial charge is 1.00 e. The molecule has 0 aliphatic heterocycles. The molecule has 5 heteroatoms. The smallest absolute Gasteiger partial charge is 0.872 e. The summed E-state index contributed by atoms with van der Waals surface area (Å²) in [5.74, 6) is -0.106. The van der Waals surface area contributed by atoms with Gasteiger partial charge in [0.15, 0.2) is 0 Å². The second-order valence-electron chi connectivity index (χ2n) is 2.19. The van der Waals surface area contributed by atoms with Gasteiger partial charge >= 0.3 is 29.6 Å². The van der Waals surface area contributed by atoms with Gasteiger partial charge in [-0.3, -0.25) is 4.79 Å². The molecule has 0 unspecified atom stereocenters. The fourth-order valence-corrected chi connectivity index (χ4v) is 0.576. The Kier molecular flexibility index (Phi) is 9.98. The Hall–Kier alpha value is -0.710. The molecule has 0 bridgehead atoms. The predicted octanol–water partition coefficient (Wildman–Crippen LogP) is -2.14. The third kappa shape index (κ3) is 9.38. The molecule has 0 saturated heterocycles. The van der Waals surface area contributed by atoms with Crippen molar-refractivity contribution in [2.24, 2.45) is 0 Å². The van der Waals surface area contributed by atoms with Crippen LogP contribution in [0.2, 0.25) is 0 Å². The van der Waals surface area contributed by atoms with Crippen molar-refractivity contribution in [3.05, 3.63) is 24.3 Å². The van der Waals surface area contributed by atoms with Gasteiger partial charge in [-0.15, -0.1) is 5.75 Å². The molecule has 0 amide bonds. The Balaban J connectivity index is 0. The summed E-state index contributed by atoms with van der Waals surface area (Å²) in [6.07, 6.45) is 0.